The van der Waals surface area contributed by atoms with Gasteiger partial charge in [-0.1, -0.05) is 0 Å². The van der Waals surface area contributed by atoms with Crippen molar-refractivity contribution >= 4 is 33.7 Å². The summed E-state index contributed by atoms with van der Waals surface area (Å²) >= 11 is 11.1. The summed E-state index contributed by atoms with van der Waals surface area (Å²) in [7, 11) is 0. The Morgan fingerprint density at radius 2 is 1.12 bits per heavy atom. The molecule has 2 aliphatic rings. The maximum Gasteiger partial charge on any atom is 0.224 e. The topological polar surface area (TPSA) is 34.1 Å². The fourth-order valence-electron chi connectivity index (χ4n) is 3.30. The van der Waals surface area contributed by atoms with Crippen LogP contribution in [0.5, 0.6) is 0 Å². The van der Waals surface area contributed by atoms with Crippen molar-refractivity contribution in [2.75, 3.05) is 0 Å². The number of halogens is 2. The van der Waals surface area contributed by atoms with E-state index in [4.69, 9.17) is 23.2 Å². The summed E-state index contributed by atoms with van der Waals surface area (Å²) in [6, 6.07) is 0. The van der Waals surface area contributed by atoms with Crippen LogP contribution < -0.4 is 0 Å². The van der Waals surface area contributed by atoms with Crippen LogP contribution in [0.15, 0.2) is 0 Å². The van der Waals surface area contributed by atoms with Crippen LogP contribution in [-0.2, 0) is 9.59 Å². The second kappa shape index (κ2) is 5.05. The molecular formula is C12H16Cl2O2. The number of hydrogen-bond donors (Lipinski definition) is 0. The number of fused-ring (bicyclic) bond motifs is 1. The quantitative estimate of drug-likeness (QED) is 0.716. The van der Waals surface area contributed by atoms with Gasteiger partial charge in [-0.3, -0.25) is 9.59 Å². The molecule has 2 aliphatic carbocycles. The molecule has 0 aromatic carbocycles. The van der Waals surface area contributed by atoms with Gasteiger partial charge in [0.15, 0.2) is 0 Å². The molecule has 0 bridgehead atoms. The maximum absolute atomic E-state index is 11.1. The van der Waals surface area contributed by atoms with Crippen molar-refractivity contribution in [2.45, 2.75) is 38.5 Å². The molecule has 2 rings (SSSR count). The highest BCUT2D eigenvalue weighted by Crippen LogP contribution is 2.45. The van der Waals surface area contributed by atoms with Gasteiger partial charge in [-0.25, -0.2) is 0 Å². The summed E-state index contributed by atoms with van der Waals surface area (Å²) in [5.74, 6) is 1.25. The molecule has 0 radical (unpaired) electrons. The van der Waals surface area contributed by atoms with Crippen molar-refractivity contribution in [2.24, 2.45) is 23.7 Å². The van der Waals surface area contributed by atoms with Crippen molar-refractivity contribution in [1.29, 1.82) is 0 Å². The Morgan fingerprint density at radius 1 is 0.750 bits per heavy atom. The van der Waals surface area contributed by atoms with E-state index >= 15 is 0 Å². The highest BCUT2D eigenvalue weighted by molar-refractivity contribution is 6.64. The number of rotatable bonds is 2. The summed E-state index contributed by atoms with van der Waals surface area (Å²) in [4.78, 5) is 22.3. The van der Waals surface area contributed by atoms with E-state index in [1.807, 2.05) is 0 Å². The van der Waals surface area contributed by atoms with Crippen LogP contribution in [0.2, 0.25) is 0 Å². The molecule has 2 fully saturated rings. The van der Waals surface area contributed by atoms with E-state index in [1.54, 1.807) is 0 Å². The summed E-state index contributed by atoms with van der Waals surface area (Å²) in [5.41, 5.74) is 0. The first-order valence-corrected chi connectivity index (χ1v) is 6.72. The zero-order chi connectivity index (χ0) is 11.7. The second-order valence-corrected chi connectivity index (χ2v) is 5.89. The lowest BCUT2D eigenvalue weighted by Crippen LogP contribution is -2.34. The van der Waals surface area contributed by atoms with Crippen LogP contribution in [0, 0.1) is 23.7 Å². The van der Waals surface area contributed by atoms with Crippen molar-refractivity contribution in [3.05, 3.63) is 0 Å². The third-order valence-electron chi connectivity index (χ3n) is 4.25. The molecule has 0 aliphatic heterocycles. The number of hydrogen-bond acceptors (Lipinski definition) is 2. The normalized spacial score (nSPS) is 38.9. The largest absolute Gasteiger partial charge is 0.281 e. The van der Waals surface area contributed by atoms with Crippen molar-refractivity contribution in [3.63, 3.8) is 0 Å². The molecule has 2 nitrogen and oxygen atoms in total. The Hall–Kier alpha value is -0.0800. The van der Waals surface area contributed by atoms with Crippen LogP contribution in [0.4, 0.5) is 0 Å². The Labute approximate surface area is 106 Å². The molecule has 4 heteroatoms. The molecule has 0 heterocycles. The lowest BCUT2D eigenvalue weighted by Gasteiger charge is -2.40. The van der Waals surface area contributed by atoms with Crippen LogP contribution in [0.3, 0.4) is 0 Å². The van der Waals surface area contributed by atoms with Gasteiger partial charge in [0, 0.05) is 11.8 Å². The predicted molar refractivity (Wildman–Crippen MR) is 63.4 cm³/mol. The van der Waals surface area contributed by atoms with Crippen LogP contribution >= 0.6 is 23.2 Å². The van der Waals surface area contributed by atoms with Crippen LogP contribution in [0.1, 0.15) is 38.5 Å². The average Bonchev–Trinajstić information content (AvgIpc) is 2.27. The molecule has 16 heavy (non-hydrogen) atoms. The standard InChI is InChI=1S/C12H16Cl2O2/c13-11(15)9-3-1-7-5-10(12(14)16)4-2-8(7)6-9/h7-10H,1-6H2/t7-,8-,9-,10-/m1/s1. The van der Waals surface area contributed by atoms with Gasteiger partial charge in [0.05, 0.1) is 0 Å². The molecule has 90 valence electrons. The molecule has 0 unspecified atom stereocenters. The molecule has 0 saturated heterocycles. The van der Waals surface area contributed by atoms with E-state index in [0.717, 1.165) is 38.5 Å². The van der Waals surface area contributed by atoms with Crippen molar-refractivity contribution < 1.29 is 9.59 Å². The minimum absolute atomic E-state index is 0.0474. The Kier molecular flexibility index (Phi) is 3.91. The summed E-state index contributed by atoms with van der Waals surface area (Å²) in [5, 5.41) is -0.372. The van der Waals surface area contributed by atoms with Crippen molar-refractivity contribution in [1.82, 2.24) is 0 Å². The van der Waals surface area contributed by atoms with Gasteiger partial charge in [0.25, 0.3) is 0 Å². The van der Waals surface area contributed by atoms with Crippen molar-refractivity contribution in [3.8, 4) is 0 Å². The highest BCUT2D eigenvalue weighted by atomic mass is 35.5. The third-order valence-corrected chi connectivity index (χ3v) is 4.87. The SMILES string of the molecule is O=C(Cl)[C@@H]1CC[C@@H]2C[C@H](C(=O)Cl)CC[C@@H]2C1. The Balaban J connectivity index is 1.95. The van der Waals surface area contributed by atoms with E-state index < -0.39 is 0 Å². The Morgan fingerprint density at radius 3 is 1.44 bits per heavy atom. The lowest BCUT2D eigenvalue weighted by atomic mass is 9.65. The van der Waals surface area contributed by atoms with Gasteiger partial charge >= 0.3 is 0 Å². The zero-order valence-electron chi connectivity index (χ0n) is 9.12. The molecule has 0 spiro atoms. The van der Waals surface area contributed by atoms with Gasteiger partial charge in [-0.05, 0) is 73.6 Å². The van der Waals surface area contributed by atoms with E-state index in [2.05, 4.69) is 0 Å². The molecular weight excluding hydrogens is 247 g/mol. The first kappa shape index (κ1) is 12.4. The third kappa shape index (κ3) is 2.60. The first-order valence-electron chi connectivity index (χ1n) is 5.96. The van der Waals surface area contributed by atoms with E-state index in [9.17, 15) is 9.59 Å². The molecule has 2 saturated carbocycles. The monoisotopic (exact) mass is 262 g/mol. The summed E-state index contributed by atoms with van der Waals surface area (Å²) in [6.45, 7) is 0. The maximum atomic E-state index is 11.1. The molecule has 4 atom stereocenters. The number of carbonyl (C=O) groups excluding carboxylic acids is 2. The van der Waals surface area contributed by atoms with Crippen LogP contribution in [0.25, 0.3) is 0 Å². The van der Waals surface area contributed by atoms with Gasteiger partial charge in [0.1, 0.15) is 0 Å². The van der Waals surface area contributed by atoms with Gasteiger partial charge in [-0.2, -0.15) is 0 Å². The smallest absolute Gasteiger partial charge is 0.224 e. The highest BCUT2D eigenvalue weighted by Gasteiger charge is 2.38. The fourth-order valence-corrected chi connectivity index (χ4v) is 3.70. The minimum Gasteiger partial charge on any atom is -0.281 e. The first-order chi connectivity index (χ1) is 7.58. The average molecular weight is 263 g/mol. The summed E-state index contributed by atoms with van der Waals surface area (Å²) < 4.78 is 0. The Bertz CT molecular complexity index is 273. The van der Waals surface area contributed by atoms with E-state index in [1.165, 1.54) is 0 Å². The second-order valence-electron chi connectivity index (χ2n) is 5.15. The van der Waals surface area contributed by atoms with Gasteiger partial charge in [0.2, 0.25) is 10.5 Å². The lowest BCUT2D eigenvalue weighted by molar-refractivity contribution is -0.120. The van der Waals surface area contributed by atoms with Gasteiger partial charge in [-0.15, -0.1) is 0 Å². The predicted octanol–water partition coefficient (Wildman–Crippen LogP) is 3.35. The summed E-state index contributed by atoms with van der Waals surface area (Å²) in [6.07, 6.45) is 5.63. The molecule has 0 aromatic rings. The molecule has 0 N–H and O–H groups in total. The fraction of sp³-hybridized carbons (Fsp3) is 0.833. The van der Waals surface area contributed by atoms with Gasteiger partial charge < -0.3 is 0 Å². The van der Waals surface area contributed by atoms with E-state index in [0.29, 0.717) is 11.8 Å². The molecule has 0 aromatic heterocycles. The van der Waals surface area contributed by atoms with Crippen LogP contribution in [-0.4, -0.2) is 10.5 Å². The zero-order valence-corrected chi connectivity index (χ0v) is 10.6. The van der Waals surface area contributed by atoms with E-state index in [-0.39, 0.29) is 22.3 Å². The molecule has 0 amide bonds. The minimum atomic E-state index is -0.186. The number of carbonyl (C=O) groups is 2.